The highest BCUT2D eigenvalue weighted by molar-refractivity contribution is 7.99. The first-order chi connectivity index (χ1) is 11.5. The van der Waals surface area contributed by atoms with Gasteiger partial charge in [0.25, 0.3) is 5.56 Å². The molecule has 0 aliphatic heterocycles. The molecule has 1 aliphatic rings. The van der Waals surface area contributed by atoms with Crippen LogP contribution >= 0.6 is 23.1 Å². The van der Waals surface area contributed by atoms with E-state index in [0.717, 1.165) is 29.5 Å². The van der Waals surface area contributed by atoms with Crippen LogP contribution in [0.3, 0.4) is 0 Å². The fraction of sp³-hybridized carbons (Fsp3) is 0.471. The molecule has 0 unspecified atom stereocenters. The third-order valence-corrected chi connectivity index (χ3v) is 6.43. The maximum absolute atomic E-state index is 13.0. The minimum absolute atomic E-state index is 0.00800. The van der Waals surface area contributed by atoms with Gasteiger partial charge in [0.05, 0.1) is 11.1 Å². The number of thioether (sulfide) groups is 1. The van der Waals surface area contributed by atoms with Crippen molar-refractivity contribution < 1.29 is 4.79 Å². The van der Waals surface area contributed by atoms with Crippen LogP contribution in [0.5, 0.6) is 0 Å². The average Bonchev–Trinajstić information content (AvgIpc) is 2.92. The van der Waals surface area contributed by atoms with Crippen LogP contribution in [0, 0.1) is 5.92 Å². The number of amides is 1. The number of carbonyl (C=O) groups excluding carboxylic acids is 1. The molecule has 1 N–H and O–H groups in total. The van der Waals surface area contributed by atoms with E-state index in [-0.39, 0.29) is 17.2 Å². The molecule has 128 valence electrons. The van der Waals surface area contributed by atoms with Crippen LogP contribution in [0.1, 0.15) is 23.8 Å². The molecule has 2 heterocycles. The SMILES string of the molecule is C=CCn1c(SCC(=O)NC)nc2sc3c(c2c1=O)CC[C@@H](C)C3. The number of rotatable bonds is 5. The van der Waals surface area contributed by atoms with E-state index < -0.39 is 0 Å². The summed E-state index contributed by atoms with van der Waals surface area (Å²) in [5, 5.41) is 3.95. The highest BCUT2D eigenvalue weighted by Crippen LogP contribution is 2.36. The van der Waals surface area contributed by atoms with Crippen LogP contribution < -0.4 is 10.9 Å². The minimum atomic E-state index is -0.0844. The smallest absolute Gasteiger partial charge is 0.263 e. The number of allylic oxidation sites excluding steroid dienone is 1. The molecule has 24 heavy (non-hydrogen) atoms. The molecule has 0 fully saturated rings. The number of nitrogens with one attached hydrogen (secondary N) is 1. The lowest BCUT2D eigenvalue weighted by molar-refractivity contribution is -0.118. The summed E-state index contributed by atoms with van der Waals surface area (Å²) in [6, 6.07) is 0. The predicted molar refractivity (Wildman–Crippen MR) is 100 cm³/mol. The Hall–Kier alpha value is -1.60. The number of aromatic nitrogens is 2. The molecular formula is C17H21N3O2S2. The summed E-state index contributed by atoms with van der Waals surface area (Å²) in [5.74, 6) is 0.815. The lowest BCUT2D eigenvalue weighted by Gasteiger charge is -2.17. The third-order valence-electron chi connectivity index (χ3n) is 4.30. The van der Waals surface area contributed by atoms with E-state index in [4.69, 9.17) is 4.98 Å². The maximum atomic E-state index is 13.0. The van der Waals surface area contributed by atoms with E-state index in [9.17, 15) is 9.59 Å². The number of nitrogens with zero attached hydrogens (tertiary/aromatic N) is 2. The molecule has 0 saturated heterocycles. The van der Waals surface area contributed by atoms with Gasteiger partial charge in [0.2, 0.25) is 5.91 Å². The normalized spacial score (nSPS) is 16.8. The standard InChI is InChI=1S/C17H21N3O2S2/c1-4-7-20-16(22)14-11-6-5-10(2)8-12(11)24-15(14)19-17(20)23-9-13(21)18-3/h4,10H,1,5-9H2,2-3H3,(H,18,21)/t10-/m1/s1. The van der Waals surface area contributed by atoms with E-state index in [2.05, 4.69) is 18.8 Å². The summed E-state index contributed by atoms with van der Waals surface area (Å²) in [6.07, 6.45) is 4.79. The Bertz CT molecular complexity index is 854. The van der Waals surface area contributed by atoms with Gasteiger partial charge in [0, 0.05) is 18.5 Å². The van der Waals surface area contributed by atoms with Crippen molar-refractivity contribution in [1.82, 2.24) is 14.9 Å². The fourth-order valence-electron chi connectivity index (χ4n) is 3.01. The van der Waals surface area contributed by atoms with Crippen molar-refractivity contribution >= 4 is 39.2 Å². The molecule has 0 bridgehead atoms. The third kappa shape index (κ3) is 3.15. The van der Waals surface area contributed by atoms with Gasteiger partial charge in [-0.2, -0.15) is 0 Å². The summed E-state index contributed by atoms with van der Waals surface area (Å²) < 4.78 is 1.63. The zero-order valence-electron chi connectivity index (χ0n) is 13.9. The molecule has 1 atom stereocenters. The number of hydrogen-bond acceptors (Lipinski definition) is 5. The topological polar surface area (TPSA) is 64.0 Å². The molecule has 5 nitrogen and oxygen atoms in total. The van der Waals surface area contributed by atoms with Gasteiger partial charge in [-0.05, 0) is 30.7 Å². The molecule has 0 spiro atoms. The molecule has 1 aliphatic carbocycles. The van der Waals surface area contributed by atoms with Crippen LogP contribution in [-0.4, -0.2) is 28.3 Å². The minimum Gasteiger partial charge on any atom is -0.358 e. The van der Waals surface area contributed by atoms with Gasteiger partial charge in [-0.25, -0.2) is 4.98 Å². The van der Waals surface area contributed by atoms with E-state index in [1.807, 2.05) is 0 Å². The Morgan fingerprint density at radius 2 is 2.38 bits per heavy atom. The summed E-state index contributed by atoms with van der Waals surface area (Å²) in [4.78, 5) is 31.4. The number of hydrogen-bond donors (Lipinski definition) is 1. The fourth-order valence-corrected chi connectivity index (χ4v) is 5.31. The molecule has 2 aromatic heterocycles. The molecular weight excluding hydrogens is 342 g/mol. The van der Waals surface area contributed by atoms with Crippen molar-refractivity contribution in [3.05, 3.63) is 33.4 Å². The highest BCUT2D eigenvalue weighted by Gasteiger charge is 2.24. The molecule has 0 radical (unpaired) electrons. The van der Waals surface area contributed by atoms with Crippen molar-refractivity contribution in [2.24, 2.45) is 5.92 Å². The van der Waals surface area contributed by atoms with Crippen molar-refractivity contribution in [3.63, 3.8) is 0 Å². The number of carbonyl (C=O) groups is 1. The second kappa shape index (κ2) is 7.11. The Kier molecular flexibility index (Phi) is 5.10. The van der Waals surface area contributed by atoms with Gasteiger partial charge >= 0.3 is 0 Å². The largest absolute Gasteiger partial charge is 0.358 e. The van der Waals surface area contributed by atoms with Crippen molar-refractivity contribution in [2.75, 3.05) is 12.8 Å². The van der Waals surface area contributed by atoms with Gasteiger partial charge in [0.1, 0.15) is 4.83 Å². The van der Waals surface area contributed by atoms with Crippen molar-refractivity contribution in [1.29, 1.82) is 0 Å². The molecule has 1 amide bonds. The lowest BCUT2D eigenvalue weighted by atomic mass is 9.89. The van der Waals surface area contributed by atoms with E-state index in [1.54, 1.807) is 29.0 Å². The lowest BCUT2D eigenvalue weighted by Crippen LogP contribution is -2.25. The van der Waals surface area contributed by atoms with Crippen LogP contribution in [0.25, 0.3) is 10.2 Å². The van der Waals surface area contributed by atoms with Crippen LogP contribution in [0.15, 0.2) is 22.6 Å². The first kappa shape index (κ1) is 17.2. The zero-order valence-corrected chi connectivity index (χ0v) is 15.6. The monoisotopic (exact) mass is 363 g/mol. The average molecular weight is 364 g/mol. The summed E-state index contributed by atoms with van der Waals surface area (Å²) in [6.45, 7) is 6.39. The Morgan fingerprint density at radius 3 is 3.08 bits per heavy atom. The van der Waals surface area contributed by atoms with E-state index >= 15 is 0 Å². The number of fused-ring (bicyclic) bond motifs is 3. The number of thiophene rings is 1. The summed E-state index contributed by atoms with van der Waals surface area (Å²) in [7, 11) is 1.60. The number of aryl methyl sites for hydroxylation is 1. The highest BCUT2D eigenvalue weighted by atomic mass is 32.2. The molecule has 0 saturated carbocycles. The van der Waals surface area contributed by atoms with Crippen LogP contribution in [0.2, 0.25) is 0 Å². The van der Waals surface area contributed by atoms with Crippen LogP contribution in [0.4, 0.5) is 0 Å². The van der Waals surface area contributed by atoms with E-state index in [1.165, 1.54) is 22.2 Å². The first-order valence-electron chi connectivity index (χ1n) is 8.04. The molecule has 0 aromatic carbocycles. The van der Waals surface area contributed by atoms with Gasteiger partial charge in [-0.1, -0.05) is 24.8 Å². The van der Waals surface area contributed by atoms with Gasteiger partial charge in [0.15, 0.2) is 5.16 Å². The molecule has 3 rings (SSSR count). The van der Waals surface area contributed by atoms with Gasteiger partial charge < -0.3 is 5.32 Å². The Balaban J connectivity index is 2.11. The first-order valence-corrected chi connectivity index (χ1v) is 9.84. The van der Waals surface area contributed by atoms with E-state index in [0.29, 0.717) is 17.6 Å². The van der Waals surface area contributed by atoms with Gasteiger partial charge in [-0.3, -0.25) is 14.2 Å². The van der Waals surface area contributed by atoms with Crippen molar-refractivity contribution in [3.8, 4) is 0 Å². The van der Waals surface area contributed by atoms with Crippen molar-refractivity contribution in [2.45, 2.75) is 37.9 Å². The predicted octanol–water partition coefficient (Wildman–Crippen LogP) is 2.61. The summed E-state index contributed by atoms with van der Waals surface area (Å²) >= 11 is 2.93. The Labute approximate surface area is 149 Å². The molecule has 7 heteroatoms. The quantitative estimate of drug-likeness (QED) is 0.504. The second-order valence-corrected chi connectivity index (χ2v) is 8.12. The maximum Gasteiger partial charge on any atom is 0.263 e. The van der Waals surface area contributed by atoms with Crippen LogP contribution in [-0.2, 0) is 24.2 Å². The second-order valence-electron chi connectivity index (χ2n) is 6.09. The zero-order chi connectivity index (χ0) is 17.3. The Morgan fingerprint density at radius 1 is 1.58 bits per heavy atom. The molecule has 2 aromatic rings. The van der Waals surface area contributed by atoms with Gasteiger partial charge in [-0.15, -0.1) is 17.9 Å². The summed E-state index contributed by atoms with van der Waals surface area (Å²) in [5.41, 5.74) is 1.18.